The Morgan fingerprint density at radius 2 is 1.00 bits per heavy atom. The fourth-order valence-corrected chi connectivity index (χ4v) is 0. The van der Waals surface area contributed by atoms with E-state index in [1.807, 2.05) is 0 Å². The van der Waals surface area contributed by atoms with Gasteiger partial charge in [0.1, 0.15) is 0 Å². The molecule has 0 aliphatic heterocycles. The molecule has 0 heterocycles. The van der Waals surface area contributed by atoms with Gasteiger partial charge in [0.05, 0.1) is 0 Å². The van der Waals surface area contributed by atoms with Crippen LogP contribution in [0.1, 0.15) is 0 Å². The summed E-state index contributed by atoms with van der Waals surface area (Å²) in [6, 6.07) is 0. The second-order valence-electron chi connectivity index (χ2n) is 0. The summed E-state index contributed by atoms with van der Waals surface area (Å²) >= 11 is 0. The van der Waals surface area contributed by atoms with E-state index in [1.54, 1.807) is 0 Å². The zero-order chi connectivity index (χ0) is 0. The monoisotopic (exact) mass is 537 g/mol. The summed E-state index contributed by atoms with van der Waals surface area (Å²) in [6.07, 6.45) is 0. The molecule has 0 aliphatic carbocycles. The summed E-state index contributed by atoms with van der Waals surface area (Å²) in [5, 5.41) is 0. The standard InChI is InChI=1S/Dy.Fe.Gd.Tb. The van der Waals surface area contributed by atoms with Crippen molar-refractivity contribution in [1.29, 1.82) is 0 Å². The van der Waals surface area contributed by atoms with Gasteiger partial charge in [-0.3, -0.25) is 0 Å². The van der Waals surface area contributed by atoms with Gasteiger partial charge in [0, 0.05) is 134 Å². The van der Waals surface area contributed by atoms with E-state index in [9.17, 15) is 0 Å². The van der Waals surface area contributed by atoms with E-state index >= 15 is 0 Å². The van der Waals surface area contributed by atoms with Gasteiger partial charge in [-0.1, -0.05) is 0 Å². The molecule has 35 valence electrons. The summed E-state index contributed by atoms with van der Waals surface area (Å²) in [5.74, 6) is 0. The van der Waals surface area contributed by atoms with Crippen LogP contribution in [0.5, 0.6) is 0 Å². The van der Waals surface area contributed by atoms with Gasteiger partial charge in [-0.2, -0.15) is 0 Å². The van der Waals surface area contributed by atoms with Crippen molar-refractivity contribution in [2.24, 2.45) is 0 Å². The maximum Gasteiger partial charge on any atom is 0 e. The Bertz CT molecular complexity index is 8.00. The SMILES string of the molecule is [Dy].[Fe].[Gd].[Tb]. The zero-order valence-electron chi connectivity index (χ0n) is 1.36. The molecule has 4 heteroatoms. The van der Waals surface area contributed by atoms with Crippen molar-refractivity contribution in [2.75, 3.05) is 0 Å². The maximum absolute atomic E-state index is 0. The molecule has 0 bridgehead atoms. The molecule has 0 aromatic heterocycles. The number of hydrogen-bond acceptors (Lipinski definition) is 0. The molecule has 0 aromatic carbocycles. The largest absolute Gasteiger partial charge is 0 e. The van der Waals surface area contributed by atoms with Crippen LogP contribution >= 0.6 is 0 Å². The van der Waals surface area contributed by atoms with Gasteiger partial charge < -0.3 is 0 Å². The molecule has 0 unspecified atom stereocenters. The third-order valence-corrected chi connectivity index (χ3v) is 0. The zero-order valence-corrected chi connectivity index (χ0v) is 8.90. The first-order valence-electron chi connectivity index (χ1n) is 0. The van der Waals surface area contributed by atoms with E-state index in [0.717, 1.165) is 0 Å². The topological polar surface area (TPSA) is 0 Å². The molecule has 1 radical (unpaired) electrons. The smallest absolute Gasteiger partial charge is 0 e. The van der Waals surface area contributed by atoms with Gasteiger partial charge >= 0.3 is 0 Å². The molecule has 0 amide bonds. The van der Waals surface area contributed by atoms with Crippen LogP contribution in [0.15, 0.2) is 0 Å². The van der Waals surface area contributed by atoms with Crippen LogP contribution in [0.2, 0.25) is 0 Å². The third kappa shape index (κ3) is 9.64. The average Bonchev–Trinajstić information content (AvgIpc) is 0. The van der Waals surface area contributed by atoms with Crippen molar-refractivity contribution in [2.45, 2.75) is 0 Å². The predicted octanol–water partition coefficient (Wildman–Crippen LogP) is -0.00250. The normalized spacial score (nSPS) is 0. The van der Waals surface area contributed by atoms with E-state index in [1.165, 1.54) is 0 Å². The fourth-order valence-electron chi connectivity index (χ4n) is 0. The fraction of sp³-hybridized carbons (Fsp3) is 0. The third-order valence-electron chi connectivity index (χ3n) is 0. The predicted molar refractivity (Wildman–Crippen MR) is 0 cm³/mol. The van der Waals surface area contributed by atoms with Crippen molar-refractivity contribution >= 4 is 0 Å². The van der Waals surface area contributed by atoms with Gasteiger partial charge in [0.15, 0.2) is 0 Å². The van der Waals surface area contributed by atoms with Crippen LogP contribution < -0.4 is 0 Å². The van der Waals surface area contributed by atoms with Crippen LogP contribution in [-0.4, -0.2) is 0 Å². The minimum atomic E-state index is 0. The quantitative estimate of drug-likeness (QED) is 0.384. The molecule has 0 fully saturated rings. The molecule has 0 aromatic rings. The van der Waals surface area contributed by atoms with Crippen molar-refractivity contribution in [3.05, 3.63) is 0 Å². The van der Waals surface area contributed by atoms with Crippen molar-refractivity contribution in [3.8, 4) is 0 Å². The molecule has 0 nitrogen and oxygen atoms in total. The Hall–Kier alpha value is 4.40. The first-order valence-corrected chi connectivity index (χ1v) is 0. The molecule has 0 atom stereocenters. The minimum absolute atomic E-state index is 0. The first-order chi connectivity index (χ1) is 0. The first kappa shape index (κ1) is 23.8. The van der Waals surface area contributed by atoms with E-state index in [-0.39, 0.29) is 134 Å². The Kier molecular flexibility index (Phi) is 93.0. The van der Waals surface area contributed by atoms with Gasteiger partial charge in [0.25, 0.3) is 0 Å². The van der Waals surface area contributed by atoms with Crippen LogP contribution in [0.3, 0.4) is 0 Å². The number of hydrogen-bond donors (Lipinski definition) is 0. The van der Waals surface area contributed by atoms with Crippen LogP contribution in [0.25, 0.3) is 0 Å². The van der Waals surface area contributed by atoms with Crippen molar-refractivity contribution in [3.63, 3.8) is 0 Å². The molecule has 0 spiro atoms. The molecule has 0 saturated heterocycles. The van der Waals surface area contributed by atoms with E-state index in [4.69, 9.17) is 0 Å². The Morgan fingerprint density at radius 3 is 1.00 bits per heavy atom. The van der Waals surface area contributed by atoms with Crippen LogP contribution in [-0.2, 0) is 17.1 Å². The van der Waals surface area contributed by atoms with Crippen LogP contribution in [0.4, 0.5) is 0 Å². The minimum Gasteiger partial charge on any atom is 0 e. The summed E-state index contributed by atoms with van der Waals surface area (Å²) < 4.78 is 0. The molecular formula is DyFeGdTb. The Balaban J connectivity index is 0. The van der Waals surface area contributed by atoms with Crippen molar-refractivity contribution in [1.82, 2.24) is 0 Å². The Labute approximate surface area is 130 Å². The molecule has 0 rings (SSSR count). The van der Waals surface area contributed by atoms with Gasteiger partial charge in [-0.15, -0.1) is 0 Å². The van der Waals surface area contributed by atoms with E-state index in [0.29, 0.717) is 0 Å². The summed E-state index contributed by atoms with van der Waals surface area (Å²) in [7, 11) is 0. The van der Waals surface area contributed by atoms with Gasteiger partial charge in [-0.25, -0.2) is 0 Å². The second-order valence-corrected chi connectivity index (χ2v) is 0. The summed E-state index contributed by atoms with van der Waals surface area (Å²) in [6.45, 7) is 0. The van der Waals surface area contributed by atoms with Crippen LogP contribution in [0, 0.1) is 117 Å². The molecular weight excluding hydrogens is 535 g/mol. The van der Waals surface area contributed by atoms with E-state index in [2.05, 4.69) is 0 Å². The van der Waals surface area contributed by atoms with E-state index < -0.39 is 0 Å². The molecule has 0 N–H and O–H groups in total. The number of rotatable bonds is 0. The molecule has 4 heavy (non-hydrogen) atoms. The Morgan fingerprint density at radius 1 is 1.00 bits per heavy atom. The summed E-state index contributed by atoms with van der Waals surface area (Å²) in [4.78, 5) is 0. The second kappa shape index (κ2) is 15.7. The van der Waals surface area contributed by atoms with Crippen molar-refractivity contribution < 1.29 is 134 Å². The average molecular weight is 535 g/mol. The van der Waals surface area contributed by atoms with Gasteiger partial charge in [0.2, 0.25) is 0 Å². The molecule has 0 saturated carbocycles. The molecule has 0 aliphatic rings. The maximum atomic E-state index is 0. The summed E-state index contributed by atoms with van der Waals surface area (Å²) in [5.41, 5.74) is 0. The van der Waals surface area contributed by atoms with Gasteiger partial charge in [-0.05, 0) is 0 Å².